The second-order valence-electron chi connectivity index (χ2n) is 4.52. The minimum atomic E-state index is -0.000761. The number of guanidine groups is 1. The molecule has 0 unspecified atom stereocenters. The molecule has 6 heteroatoms. The van der Waals surface area contributed by atoms with Gasteiger partial charge in [0.05, 0.1) is 6.54 Å². The van der Waals surface area contributed by atoms with Gasteiger partial charge in [-0.25, -0.2) is 4.99 Å². The number of carbonyl (C=O) groups is 1. The second kappa shape index (κ2) is 9.57. The van der Waals surface area contributed by atoms with Crippen LogP contribution in [0.5, 0.6) is 0 Å². The molecule has 0 spiro atoms. The SMILES string of the molecule is CCCNC(N)=NCc1ccc(C(=O)N(C)C)cc1.I. The van der Waals surface area contributed by atoms with E-state index in [1.807, 2.05) is 24.3 Å². The van der Waals surface area contributed by atoms with Crippen molar-refractivity contribution in [3.8, 4) is 0 Å². The van der Waals surface area contributed by atoms with Crippen LogP contribution < -0.4 is 11.1 Å². The number of nitrogens with one attached hydrogen (secondary N) is 1. The third-order valence-corrected chi connectivity index (χ3v) is 2.60. The molecule has 112 valence electrons. The Morgan fingerprint density at radius 1 is 1.30 bits per heavy atom. The Hall–Kier alpha value is -1.31. The first kappa shape index (κ1) is 18.7. The number of rotatable bonds is 5. The molecule has 0 fully saturated rings. The minimum absolute atomic E-state index is 0. The van der Waals surface area contributed by atoms with Gasteiger partial charge < -0.3 is 16.0 Å². The van der Waals surface area contributed by atoms with Gasteiger partial charge in [0.15, 0.2) is 5.96 Å². The van der Waals surface area contributed by atoms with Crippen LogP contribution in [0.4, 0.5) is 0 Å². The highest BCUT2D eigenvalue weighted by Crippen LogP contribution is 2.07. The zero-order valence-corrected chi connectivity index (χ0v) is 14.5. The standard InChI is InChI=1S/C14H22N4O.HI/c1-4-9-16-14(15)17-10-11-5-7-12(8-6-11)13(19)18(2)3;/h5-8H,4,9-10H2,1-3H3,(H3,15,16,17);1H. The lowest BCUT2D eigenvalue weighted by Gasteiger charge is -2.10. The van der Waals surface area contributed by atoms with Crippen molar-refractivity contribution in [3.05, 3.63) is 35.4 Å². The summed E-state index contributed by atoms with van der Waals surface area (Å²) in [4.78, 5) is 17.5. The van der Waals surface area contributed by atoms with Gasteiger partial charge >= 0.3 is 0 Å². The lowest BCUT2D eigenvalue weighted by Crippen LogP contribution is -2.32. The molecule has 0 aliphatic heterocycles. The molecule has 0 saturated carbocycles. The molecular formula is C14H23IN4O. The summed E-state index contributed by atoms with van der Waals surface area (Å²) in [7, 11) is 3.47. The lowest BCUT2D eigenvalue weighted by molar-refractivity contribution is 0.0827. The van der Waals surface area contributed by atoms with Crippen LogP contribution in [0.1, 0.15) is 29.3 Å². The van der Waals surface area contributed by atoms with Crippen molar-refractivity contribution in [1.29, 1.82) is 0 Å². The van der Waals surface area contributed by atoms with Crippen molar-refractivity contribution in [2.24, 2.45) is 10.7 Å². The van der Waals surface area contributed by atoms with Gasteiger partial charge in [0, 0.05) is 26.2 Å². The van der Waals surface area contributed by atoms with E-state index in [2.05, 4.69) is 17.2 Å². The average molecular weight is 390 g/mol. The largest absolute Gasteiger partial charge is 0.370 e. The number of aliphatic imine (C=N–C) groups is 1. The summed E-state index contributed by atoms with van der Waals surface area (Å²) in [5.41, 5.74) is 7.40. The number of nitrogens with zero attached hydrogens (tertiary/aromatic N) is 2. The number of nitrogens with two attached hydrogens (primary N) is 1. The number of carbonyl (C=O) groups excluding carboxylic acids is 1. The van der Waals surface area contributed by atoms with E-state index < -0.39 is 0 Å². The van der Waals surface area contributed by atoms with Gasteiger partial charge in [0.25, 0.3) is 5.91 Å². The quantitative estimate of drug-likeness (QED) is 0.458. The Balaban J connectivity index is 0.00000361. The van der Waals surface area contributed by atoms with E-state index >= 15 is 0 Å². The molecular weight excluding hydrogens is 367 g/mol. The number of hydrogen-bond acceptors (Lipinski definition) is 2. The van der Waals surface area contributed by atoms with Gasteiger partial charge in [0.2, 0.25) is 0 Å². The van der Waals surface area contributed by atoms with Gasteiger partial charge in [-0.2, -0.15) is 0 Å². The van der Waals surface area contributed by atoms with E-state index in [0.717, 1.165) is 18.5 Å². The van der Waals surface area contributed by atoms with Crippen LogP contribution >= 0.6 is 24.0 Å². The highest BCUT2D eigenvalue weighted by Gasteiger charge is 2.06. The van der Waals surface area contributed by atoms with Crippen molar-refractivity contribution >= 4 is 35.8 Å². The topological polar surface area (TPSA) is 70.7 Å². The predicted octanol–water partition coefficient (Wildman–Crippen LogP) is 1.82. The van der Waals surface area contributed by atoms with Crippen LogP contribution in [-0.4, -0.2) is 37.4 Å². The van der Waals surface area contributed by atoms with E-state index in [1.165, 1.54) is 0 Å². The van der Waals surface area contributed by atoms with Gasteiger partial charge in [0.1, 0.15) is 0 Å². The van der Waals surface area contributed by atoms with Crippen LogP contribution in [0.3, 0.4) is 0 Å². The monoisotopic (exact) mass is 390 g/mol. The molecule has 20 heavy (non-hydrogen) atoms. The second-order valence-corrected chi connectivity index (χ2v) is 4.52. The van der Waals surface area contributed by atoms with Crippen LogP contribution in [0.15, 0.2) is 29.3 Å². The third kappa shape index (κ3) is 6.23. The Morgan fingerprint density at radius 2 is 1.90 bits per heavy atom. The molecule has 0 atom stereocenters. The molecule has 0 saturated heterocycles. The molecule has 1 amide bonds. The first-order chi connectivity index (χ1) is 9.04. The third-order valence-electron chi connectivity index (χ3n) is 2.60. The van der Waals surface area contributed by atoms with E-state index in [1.54, 1.807) is 19.0 Å². The van der Waals surface area contributed by atoms with Crippen molar-refractivity contribution < 1.29 is 4.79 Å². The van der Waals surface area contributed by atoms with Gasteiger partial charge in [-0.05, 0) is 24.1 Å². The van der Waals surface area contributed by atoms with Crippen molar-refractivity contribution in [2.75, 3.05) is 20.6 Å². The maximum atomic E-state index is 11.7. The van der Waals surface area contributed by atoms with Crippen molar-refractivity contribution in [2.45, 2.75) is 19.9 Å². The first-order valence-electron chi connectivity index (χ1n) is 6.39. The van der Waals surface area contributed by atoms with Crippen LogP contribution in [-0.2, 0) is 6.54 Å². The zero-order valence-electron chi connectivity index (χ0n) is 12.2. The minimum Gasteiger partial charge on any atom is -0.370 e. The number of benzene rings is 1. The maximum Gasteiger partial charge on any atom is 0.253 e. The van der Waals surface area contributed by atoms with Gasteiger partial charge in [-0.1, -0.05) is 19.1 Å². The summed E-state index contributed by atoms with van der Waals surface area (Å²) in [6.45, 7) is 3.41. The van der Waals surface area contributed by atoms with Crippen molar-refractivity contribution in [1.82, 2.24) is 10.2 Å². The Labute approximate surface area is 137 Å². The molecule has 1 aromatic rings. The summed E-state index contributed by atoms with van der Waals surface area (Å²) in [5, 5.41) is 3.01. The fourth-order valence-corrected chi connectivity index (χ4v) is 1.50. The van der Waals surface area contributed by atoms with Crippen molar-refractivity contribution in [3.63, 3.8) is 0 Å². The molecule has 0 bridgehead atoms. The highest BCUT2D eigenvalue weighted by molar-refractivity contribution is 14.0. The summed E-state index contributed by atoms with van der Waals surface area (Å²) in [6.07, 6.45) is 1.01. The summed E-state index contributed by atoms with van der Waals surface area (Å²) >= 11 is 0. The van der Waals surface area contributed by atoms with Crippen LogP contribution in [0, 0.1) is 0 Å². The normalized spacial score (nSPS) is 10.7. The molecule has 0 aliphatic carbocycles. The molecule has 0 aliphatic rings. The van der Waals surface area contributed by atoms with Gasteiger partial charge in [-0.15, -0.1) is 24.0 Å². The average Bonchev–Trinajstić information content (AvgIpc) is 2.42. The number of halogens is 1. The number of amides is 1. The summed E-state index contributed by atoms with van der Waals surface area (Å²) in [6, 6.07) is 7.41. The Bertz CT molecular complexity index is 443. The summed E-state index contributed by atoms with van der Waals surface area (Å²) < 4.78 is 0. The van der Waals surface area contributed by atoms with Gasteiger partial charge in [-0.3, -0.25) is 4.79 Å². The van der Waals surface area contributed by atoms with E-state index in [0.29, 0.717) is 18.1 Å². The molecule has 1 aromatic carbocycles. The smallest absolute Gasteiger partial charge is 0.253 e. The highest BCUT2D eigenvalue weighted by atomic mass is 127. The van der Waals surface area contributed by atoms with Crippen LogP contribution in [0.25, 0.3) is 0 Å². The Morgan fingerprint density at radius 3 is 2.40 bits per heavy atom. The van der Waals surface area contributed by atoms with E-state index in [-0.39, 0.29) is 29.9 Å². The fraction of sp³-hybridized carbons (Fsp3) is 0.429. The predicted molar refractivity (Wildman–Crippen MR) is 93.5 cm³/mol. The lowest BCUT2D eigenvalue weighted by atomic mass is 10.1. The molecule has 1 rings (SSSR count). The first-order valence-corrected chi connectivity index (χ1v) is 6.39. The maximum absolute atomic E-state index is 11.7. The van der Waals surface area contributed by atoms with E-state index in [9.17, 15) is 4.79 Å². The van der Waals surface area contributed by atoms with E-state index in [4.69, 9.17) is 5.73 Å². The summed E-state index contributed by atoms with van der Waals surface area (Å²) in [5.74, 6) is 0.453. The molecule has 5 nitrogen and oxygen atoms in total. The number of hydrogen-bond donors (Lipinski definition) is 2. The zero-order chi connectivity index (χ0) is 14.3. The Kier molecular flexibility index (Phi) is 8.94. The van der Waals surface area contributed by atoms with Crippen LogP contribution in [0.2, 0.25) is 0 Å². The molecule has 0 radical (unpaired) electrons. The fourth-order valence-electron chi connectivity index (χ4n) is 1.50. The molecule has 0 heterocycles. The molecule has 0 aromatic heterocycles. The molecule has 3 N–H and O–H groups in total.